The van der Waals surface area contributed by atoms with Crippen LogP contribution in [0.5, 0.6) is 0 Å². The highest BCUT2D eigenvalue weighted by Crippen LogP contribution is 2.16. The molecule has 1 atom stereocenters. The minimum absolute atomic E-state index is 0.0220. The second kappa shape index (κ2) is 8.94. The number of benzene rings is 1. The molecule has 0 saturated heterocycles. The van der Waals surface area contributed by atoms with Crippen molar-refractivity contribution in [2.75, 3.05) is 6.54 Å². The number of unbranched alkanes of at least 4 members (excludes halogenated alkanes) is 3. The van der Waals surface area contributed by atoms with Crippen LogP contribution < -0.4 is 11.1 Å². The summed E-state index contributed by atoms with van der Waals surface area (Å²) >= 11 is 5.84. The van der Waals surface area contributed by atoms with Crippen molar-refractivity contribution >= 4 is 17.5 Å². The lowest BCUT2D eigenvalue weighted by molar-refractivity contribution is -0.121. The average molecular weight is 283 g/mol. The van der Waals surface area contributed by atoms with E-state index in [0.717, 1.165) is 37.8 Å². The first-order chi connectivity index (χ1) is 9.13. The fraction of sp³-hybridized carbons (Fsp3) is 0.533. The number of hydrogen-bond acceptors (Lipinski definition) is 2. The lowest BCUT2D eigenvalue weighted by atomic mass is 10.1. The molecule has 0 fully saturated rings. The second-order valence-electron chi connectivity index (χ2n) is 4.79. The van der Waals surface area contributed by atoms with Crippen molar-refractivity contribution in [3.8, 4) is 0 Å². The van der Waals surface area contributed by atoms with Crippen LogP contribution in [0.3, 0.4) is 0 Å². The van der Waals surface area contributed by atoms with Crippen molar-refractivity contribution in [1.82, 2.24) is 5.32 Å². The summed E-state index contributed by atoms with van der Waals surface area (Å²) in [6, 6.07) is 7.58. The molecule has 0 heterocycles. The maximum atomic E-state index is 11.8. The maximum Gasteiger partial charge on any atom is 0.220 e. The SMILES string of the molecule is CC(NC(=O)CCCCCCN)c1ccc(Cl)cc1. The molecule has 1 aromatic rings. The molecule has 3 nitrogen and oxygen atoms in total. The predicted octanol–water partition coefficient (Wildman–Crippen LogP) is 3.43. The van der Waals surface area contributed by atoms with Gasteiger partial charge in [-0.05, 0) is 44.0 Å². The van der Waals surface area contributed by atoms with E-state index in [9.17, 15) is 4.79 Å². The molecule has 1 amide bonds. The number of amides is 1. The molecule has 1 aromatic carbocycles. The van der Waals surface area contributed by atoms with E-state index < -0.39 is 0 Å². The lowest BCUT2D eigenvalue weighted by Gasteiger charge is -2.14. The van der Waals surface area contributed by atoms with E-state index in [4.69, 9.17) is 17.3 Å². The topological polar surface area (TPSA) is 55.1 Å². The van der Waals surface area contributed by atoms with Crippen molar-refractivity contribution in [2.24, 2.45) is 5.73 Å². The third-order valence-corrected chi connectivity index (χ3v) is 3.36. The lowest BCUT2D eigenvalue weighted by Crippen LogP contribution is -2.26. The molecule has 19 heavy (non-hydrogen) atoms. The number of carbonyl (C=O) groups is 1. The minimum atomic E-state index is 0.0220. The Bertz CT molecular complexity index is 378. The molecule has 0 aliphatic carbocycles. The summed E-state index contributed by atoms with van der Waals surface area (Å²) in [5.74, 6) is 0.107. The molecule has 0 aliphatic heterocycles. The number of nitrogens with one attached hydrogen (secondary N) is 1. The van der Waals surface area contributed by atoms with Gasteiger partial charge in [-0.25, -0.2) is 0 Å². The van der Waals surface area contributed by atoms with Gasteiger partial charge in [0.1, 0.15) is 0 Å². The normalized spacial score (nSPS) is 12.2. The highest BCUT2D eigenvalue weighted by Gasteiger charge is 2.08. The third kappa shape index (κ3) is 6.60. The van der Waals surface area contributed by atoms with Crippen molar-refractivity contribution in [3.63, 3.8) is 0 Å². The molecule has 0 aromatic heterocycles. The van der Waals surface area contributed by atoms with Crippen LogP contribution in [0, 0.1) is 0 Å². The first-order valence-corrected chi connectivity index (χ1v) is 7.26. The number of carbonyl (C=O) groups excluding carboxylic acids is 1. The van der Waals surface area contributed by atoms with Gasteiger partial charge in [-0.3, -0.25) is 4.79 Å². The van der Waals surface area contributed by atoms with Crippen LogP contribution in [0.15, 0.2) is 24.3 Å². The van der Waals surface area contributed by atoms with Gasteiger partial charge in [0.2, 0.25) is 5.91 Å². The van der Waals surface area contributed by atoms with E-state index in [1.807, 2.05) is 31.2 Å². The zero-order valence-corrected chi connectivity index (χ0v) is 12.2. The van der Waals surface area contributed by atoms with Gasteiger partial charge in [0.15, 0.2) is 0 Å². The van der Waals surface area contributed by atoms with Gasteiger partial charge in [0.25, 0.3) is 0 Å². The molecule has 0 spiro atoms. The van der Waals surface area contributed by atoms with E-state index in [1.165, 1.54) is 0 Å². The molecule has 0 bridgehead atoms. The van der Waals surface area contributed by atoms with Gasteiger partial charge in [0.05, 0.1) is 6.04 Å². The fourth-order valence-corrected chi connectivity index (χ4v) is 2.06. The molecule has 0 saturated carbocycles. The van der Waals surface area contributed by atoms with Crippen molar-refractivity contribution in [1.29, 1.82) is 0 Å². The molecular weight excluding hydrogens is 260 g/mol. The highest BCUT2D eigenvalue weighted by atomic mass is 35.5. The van der Waals surface area contributed by atoms with Crippen molar-refractivity contribution < 1.29 is 4.79 Å². The number of halogens is 1. The van der Waals surface area contributed by atoms with Crippen LogP contribution in [0.2, 0.25) is 5.02 Å². The molecule has 3 N–H and O–H groups in total. The van der Waals surface area contributed by atoms with Crippen LogP contribution in [0.4, 0.5) is 0 Å². The van der Waals surface area contributed by atoms with Gasteiger partial charge in [-0.1, -0.05) is 36.6 Å². The molecule has 1 rings (SSSR count). The summed E-state index contributed by atoms with van der Waals surface area (Å²) in [7, 11) is 0. The van der Waals surface area contributed by atoms with Gasteiger partial charge in [-0.15, -0.1) is 0 Å². The largest absolute Gasteiger partial charge is 0.350 e. The third-order valence-electron chi connectivity index (χ3n) is 3.11. The quantitative estimate of drug-likeness (QED) is 0.718. The van der Waals surface area contributed by atoms with Gasteiger partial charge in [0, 0.05) is 11.4 Å². The van der Waals surface area contributed by atoms with Gasteiger partial charge in [-0.2, -0.15) is 0 Å². The first kappa shape index (κ1) is 16.0. The Labute approximate surface area is 120 Å². The van der Waals surface area contributed by atoms with Crippen LogP contribution in [0.25, 0.3) is 0 Å². The Kier molecular flexibility index (Phi) is 7.53. The van der Waals surface area contributed by atoms with E-state index in [-0.39, 0.29) is 11.9 Å². The smallest absolute Gasteiger partial charge is 0.220 e. The Morgan fingerprint density at radius 3 is 2.47 bits per heavy atom. The summed E-state index contributed by atoms with van der Waals surface area (Å²) < 4.78 is 0. The summed E-state index contributed by atoms with van der Waals surface area (Å²) in [5, 5.41) is 3.71. The zero-order chi connectivity index (χ0) is 14.1. The van der Waals surface area contributed by atoms with Crippen molar-refractivity contribution in [3.05, 3.63) is 34.9 Å². The Morgan fingerprint density at radius 1 is 1.21 bits per heavy atom. The fourth-order valence-electron chi connectivity index (χ4n) is 1.93. The van der Waals surface area contributed by atoms with Gasteiger partial charge >= 0.3 is 0 Å². The highest BCUT2D eigenvalue weighted by molar-refractivity contribution is 6.30. The molecule has 106 valence electrons. The first-order valence-electron chi connectivity index (χ1n) is 6.88. The zero-order valence-electron chi connectivity index (χ0n) is 11.5. The van der Waals surface area contributed by atoms with Crippen LogP contribution in [-0.2, 0) is 4.79 Å². The van der Waals surface area contributed by atoms with E-state index in [2.05, 4.69) is 5.32 Å². The van der Waals surface area contributed by atoms with Crippen molar-refractivity contribution in [2.45, 2.75) is 45.1 Å². The van der Waals surface area contributed by atoms with Gasteiger partial charge < -0.3 is 11.1 Å². The van der Waals surface area contributed by atoms with Crippen LogP contribution >= 0.6 is 11.6 Å². The van der Waals surface area contributed by atoms with E-state index >= 15 is 0 Å². The summed E-state index contributed by atoms with van der Waals surface area (Å²) in [6.07, 6.45) is 4.74. The Morgan fingerprint density at radius 2 is 1.84 bits per heavy atom. The average Bonchev–Trinajstić information content (AvgIpc) is 2.39. The maximum absolute atomic E-state index is 11.8. The summed E-state index contributed by atoms with van der Waals surface area (Å²) in [5.41, 5.74) is 6.49. The van der Waals surface area contributed by atoms with Crippen LogP contribution in [-0.4, -0.2) is 12.5 Å². The number of nitrogens with two attached hydrogens (primary N) is 1. The monoisotopic (exact) mass is 282 g/mol. The molecule has 0 aliphatic rings. The number of rotatable bonds is 8. The van der Waals surface area contributed by atoms with E-state index in [1.54, 1.807) is 0 Å². The number of hydrogen-bond donors (Lipinski definition) is 2. The summed E-state index contributed by atoms with van der Waals surface area (Å²) in [6.45, 7) is 2.72. The Hall–Kier alpha value is -1.06. The standard InChI is InChI=1S/C15H23ClN2O/c1-12(13-7-9-14(16)10-8-13)18-15(19)6-4-2-3-5-11-17/h7-10,12H,2-6,11,17H2,1H3,(H,18,19). The Balaban J connectivity index is 2.26. The molecule has 4 heteroatoms. The molecule has 0 radical (unpaired) electrons. The molecule has 1 unspecified atom stereocenters. The minimum Gasteiger partial charge on any atom is -0.350 e. The summed E-state index contributed by atoms with van der Waals surface area (Å²) in [4.78, 5) is 11.8. The second-order valence-corrected chi connectivity index (χ2v) is 5.23. The molecular formula is C15H23ClN2O. The predicted molar refractivity (Wildman–Crippen MR) is 80.1 cm³/mol. The van der Waals surface area contributed by atoms with E-state index in [0.29, 0.717) is 11.4 Å². The van der Waals surface area contributed by atoms with Crippen LogP contribution in [0.1, 0.15) is 50.6 Å².